The maximum Gasteiger partial charge on any atom is 0.329 e. The zero-order chi connectivity index (χ0) is 16.0. The smallest absolute Gasteiger partial charge is 0.329 e. The summed E-state index contributed by atoms with van der Waals surface area (Å²) in [6, 6.07) is -0.382. The molecule has 0 radical (unpaired) electrons. The van der Waals surface area contributed by atoms with Crippen LogP contribution < -0.4 is 0 Å². The molecule has 0 aliphatic carbocycles. The largest absolute Gasteiger partial charge is 0.458 e. The molecule has 122 valence electrons. The van der Waals surface area contributed by atoms with Crippen molar-refractivity contribution in [3.8, 4) is 0 Å². The predicted octanol–water partition coefficient (Wildman–Crippen LogP) is 3.54. The minimum Gasteiger partial charge on any atom is -0.458 e. The highest BCUT2D eigenvalue weighted by molar-refractivity contribution is 5.86. The van der Waals surface area contributed by atoms with Gasteiger partial charge in [-0.2, -0.15) is 0 Å². The van der Waals surface area contributed by atoms with Crippen LogP contribution in [0.3, 0.4) is 0 Å². The Balaban J connectivity index is 2.75. The summed E-state index contributed by atoms with van der Waals surface area (Å²) in [5, 5.41) is 0. The van der Waals surface area contributed by atoms with Gasteiger partial charge in [0, 0.05) is 12.5 Å². The van der Waals surface area contributed by atoms with Gasteiger partial charge in [-0.15, -0.1) is 0 Å². The van der Waals surface area contributed by atoms with E-state index in [-0.39, 0.29) is 23.8 Å². The lowest BCUT2D eigenvalue weighted by Gasteiger charge is -2.30. The first kappa shape index (κ1) is 18.0. The first-order valence-corrected chi connectivity index (χ1v) is 8.33. The number of carbonyl (C=O) groups excluding carboxylic acids is 2. The van der Waals surface area contributed by atoms with Gasteiger partial charge >= 0.3 is 5.97 Å². The van der Waals surface area contributed by atoms with Crippen LogP contribution in [0.2, 0.25) is 0 Å². The number of hydrogen-bond donors (Lipinski definition) is 0. The highest BCUT2D eigenvalue weighted by atomic mass is 16.6. The summed E-state index contributed by atoms with van der Waals surface area (Å²) < 4.78 is 5.47. The molecule has 0 saturated carbocycles. The molecule has 1 saturated heterocycles. The zero-order valence-corrected chi connectivity index (χ0v) is 14.3. The van der Waals surface area contributed by atoms with Gasteiger partial charge in [0.2, 0.25) is 5.91 Å². The van der Waals surface area contributed by atoms with Crippen LogP contribution in [-0.2, 0) is 14.3 Å². The number of likely N-dealkylation sites (tertiary alicyclic amines) is 1. The molecule has 1 amide bonds. The van der Waals surface area contributed by atoms with Gasteiger partial charge in [0.1, 0.15) is 11.6 Å². The topological polar surface area (TPSA) is 46.6 Å². The van der Waals surface area contributed by atoms with Gasteiger partial charge in [0.25, 0.3) is 0 Å². The molecule has 1 atom stereocenters. The summed E-state index contributed by atoms with van der Waals surface area (Å²) in [6.07, 6.45) is 5.43. The van der Waals surface area contributed by atoms with E-state index in [4.69, 9.17) is 4.74 Å². The molecular weight excluding hydrogens is 266 g/mol. The third kappa shape index (κ3) is 5.33. The first-order valence-electron chi connectivity index (χ1n) is 8.33. The van der Waals surface area contributed by atoms with Gasteiger partial charge < -0.3 is 9.64 Å². The second kappa shape index (κ2) is 7.81. The molecule has 0 bridgehead atoms. The Morgan fingerprint density at radius 3 is 2.24 bits per heavy atom. The number of esters is 1. The van der Waals surface area contributed by atoms with Gasteiger partial charge in [-0.1, -0.05) is 26.7 Å². The van der Waals surface area contributed by atoms with Crippen molar-refractivity contribution in [2.75, 3.05) is 6.54 Å². The van der Waals surface area contributed by atoms with Crippen LogP contribution in [0.1, 0.15) is 73.1 Å². The van der Waals surface area contributed by atoms with Crippen molar-refractivity contribution in [1.29, 1.82) is 0 Å². The van der Waals surface area contributed by atoms with Crippen molar-refractivity contribution in [2.45, 2.75) is 84.8 Å². The van der Waals surface area contributed by atoms with E-state index in [2.05, 4.69) is 13.8 Å². The zero-order valence-electron chi connectivity index (χ0n) is 14.3. The molecule has 1 rings (SSSR count). The molecule has 0 aromatic rings. The fourth-order valence-electron chi connectivity index (χ4n) is 2.97. The van der Waals surface area contributed by atoms with Crippen LogP contribution >= 0.6 is 0 Å². The van der Waals surface area contributed by atoms with E-state index in [9.17, 15) is 9.59 Å². The number of amides is 1. The van der Waals surface area contributed by atoms with E-state index < -0.39 is 5.60 Å². The summed E-state index contributed by atoms with van der Waals surface area (Å²) >= 11 is 0. The Morgan fingerprint density at radius 2 is 1.76 bits per heavy atom. The number of ether oxygens (including phenoxy) is 1. The lowest BCUT2D eigenvalue weighted by molar-refractivity contribution is -0.164. The summed E-state index contributed by atoms with van der Waals surface area (Å²) in [7, 11) is 0. The summed E-state index contributed by atoms with van der Waals surface area (Å²) in [6.45, 7) is 10.5. The van der Waals surface area contributed by atoms with Gasteiger partial charge in [-0.05, 0) is 46.5 Å². The fourth-order valence-corrected chi connectivity index (χ4v) is 2.97. The third-order valence-electron chi connectivity index (χ3n) is 3.84. The monoisotopic (exact) mass is 297 g/mol. The van der Waals surface area contributed by atoms with Crippen molar-refractivity contribution in [1.82, 2.24) is 4.90 Å². The van der Waals surface area contributed by atoms with Crippen molar-refractivity contribution in [3.63, 3.8) is 0 Å². The molecule has 0 aromatic heterocycles. The number of nitrogens with zero attached hydrogens (tertiary/aromatic N) is 1. The quantitative estimate of drug-likeness (QED) is 0.705. The average molecular weight is 297 g/mol. The Morgan fingerprint density at radius 1 is 1.19 bits per heavy atom. The van der Waals surface area contributed by atoms with Crippen molar-refractivity contribution in [2.24, 2.45) is 5.92 Å². The second-order valence-corrected chi connectivity index (χ2v) is 7.00. The van der Waals surface area contributed by atoms with E-state index in [0.29, 0.717) is 6.54 Å². The van der Waals surface area contributed by atoms with Crippen LogP contribution in [0.5, 0.6) is 0 Å². The first-order chi connectivity index (χ1) is 9.80. The molecule has 1 aliphatic heterocycles. The number of hydrogen-bond acceptors (Lipinski definition) is 3. The Kier molecular flexibility index (Phi) is 6.69. The molecular formula is C17H31NO3. The molecule has 1 fully saturated rings. The van der Waals surface area contributed by atoms with E-state index in [0.717, 1.165) is 38.5 Å². The average Bonchev–Trinajstić information content (AvgIpc) is 2.84. The lowest BCUT2D eigenvalue weighted by Crippen LogP contribution is -2.45. The second-order valence-electron chi connectivity index (χ2n) is 7.00. The summed E-state index contributed by atoms with van der Waals surface area (Å²) in [4.78, 5) is 26.8. The van der Waals surface area contributed by atoms with Crippen LogP contribution in [-0.4, -0.2) is 35.0 Å². The van der Waals surface area contributed by atoms with Crippen LogP contribution in [0, 0.1) is 5.92 Å². The van der Waals surface area contributed by atoms with E-state index in [1.54, 1.807) is 4.90 Å². The molecule has 21 heavy (non-hydrogen) atoms. The lowest BCUT2D eigenvalue weighted by atomic mass is 9.96. The minimum absolute atomic E-state index is 0.0584. The number of carbonyl (C=O) groups is 2. The highest BCUT2D eigenvalue weighted by Crippen LogP contribution is 2.26. The number of rotatable bonds is 6. The normalized spacial score (nSPS) is 19.1. The van der Waals surface area contributed by atoms with E-state index in [1.165, 1.54) is 0 Å². The van der Waals surface area contributed by atoms with Gasteiger partial charge in [-0.25, -0.2) is 4.79 Å². The molecule has 1 heterocycles. The Labute approximate surface area is 129 Å². The van der Waals surface area contributed by atoms with Gasteiger partial charge in [0.05, 0.1) is 0 Å². The molecule has 4 heteroatoms. The van der Waals surface area contributed by atoms with Gasteiger partial charge in [0.15, 0.2) is 0 Å². The minimum atomic E-state index is -0.499. The molecule has 0 unspecified atom stereocenters. The molecule has 0 aromatic carbocycles. The maximum atomic E-state index is 12.7. The molecule has 0 N–H and O–H groups in total. The standard InChI is InChI=1S/C17H31NO3/c1-6-9-13(10-7-2)15(19)18-12-8-11-14(18)16(20)21-17(3,4)5/h13-14H,6-12H2,1-5H3/t14-/m0/s1. The Hall–Kier alpha value is -1.06. The SMILES string of the molecule is CCCC(CCC)C(=O)N1CCC[C@H]1C(=O)OC(C)(C)C. The summed E-state index contributed by atoms with van der Waals surface area (Å²) in [5.74, 6) is -0.0461. The third-order valence-corrected chi connectivity index (χ3v) is 3.84. The highest BCUT2D eigenvalue weighted by Gasteiger charge is 2.38. The van der Waals surface area contributed by atoms with Gasteiger partial charge in [-0.3, -0.25) is 4.79 Å². The predicted molar refractivity (Wildman–Crippen MR) is 83.9 cm³/mol. The van der Waals surface area contributed by atoms with Crippen LogP contribution in [0.15, 0.2) is 0 Å². The maximum absolute atomic E-state index is 12.7. The van der Waals surface area contributed by atoms with E-state index in [1.807, 2.05) is 20.8 Å². The van der Waals surface area contributed by atoms with Crippen molar-refractivity contribution >= 4 is 11.9 Å². The van der Waals surface area contributed by atoms with Crippen molar-refractivity contribution in [3.05, 3.63) is 0 Å². The molecule has 4 nitrogen and oxygen atoms in total. The molecule has 1 aliphatic rings. The fraction of sp³-hybridized carbons (Fsp3) is 0.882. The van der Waals surface area contributed by atoms with Crippen molar-refractivity contribution < 1.29 is 14.3 Å². The van der Waals surface area contributed by atoms with Crippen LogP contribution in [0.25, 0.3) is 0 Å². The Bertz CT molecular complexity index is 354. The van der Waals surface area contributed by atoms with E-state index >= 15 is 0 Å². The van der Waals surface area contributed by atoms with Crippen LogP contribution in [0.4, 0.5) is 0 Å². The summed E-state index contributed by atoms with van der Waals surface area (Å²) in [5.41, 5.74) is -0.499. The molecule has 0 spiro atoms.